The molecule has 0 fully saturated rings. The summed E-state index contributed by atoms with van der Waals surface area (Å²) in [4.78, 5) is 0. The van der Waals surface area contributed by atoms with Crippen molar-refractivity contribution in [3.05, 3.63) is 34.3 Å². The van der Waals surface area contributed by atoms with E-state index in [1.807, 2.05) is 24.3 Å². The summed E-state index contributed by atoms with van der Waals surface area (Å²) >= 11 is 3.37. The van der Waals surface area contributed by atoms with Crippen molar-refractivity contribution < 1.29 is 0 Å². The predicted octanol–water partition coefficient (Wildman–Crippen LogP) is 1.07. The van der Waals surface area contributed by atoms with Crippen LogP contribution in [0.3, 0.4) is 0 Å². The molecule has 0 amide bonds. The number of benzene rings is 1. The van der Waals surface area contributed by atoms with Crippen LogP contribution in [0.2, 0.25) is 0 Å². The van der Waals surface area contributed by atoms with E-state index in [0.29, 0.717) is 12.5 Å². The van der Waals surface area contributed by atoms with Crippen LogP contribution >= 0.6 is 15.9 Å². The maximum absolute atomic E-state index is 5.54. The second kappa shape index (κ2) is 3.75. The van der Waals surface area contributed by atoms with Crippen LogP contribution in [-0.4, -0.2) is 20.2 Å². The highest BCUT2D eigenvalue weighted by molar-refractivity contribution is 9.10. The number of halogens is 1. The monoisotopic (exact) mass is 253 g/mol. The van der Waals surface area contributed by atoms with Gasteiger partial charge in [0.2, 0.25) is 5.95 Å². The average Bonchev–Trinajstić information content (AvgIpc) is 2.56. The normalized spacial score (nSPS) is 10.4. The van der Waals surface area contributed by atoms with Gasteiger partial charge in [0.1, 0.15) is 0 Å². The molecule has 2 rings (SSSR count). The molecule has 0 aliphatic heterocycles. The Morgan fingerprint density at radius 3 is 2.57 bits per heavy atom. The molecule has 2 aromatic rings. The molecular weight excluding hydrogens is 246 g/mol. The number of nitrogen functional groups attached to an aromatic ring is 1. The molecule has 0 radical (unpaired) electrons. The molecule has 5 nitrogen and oxygen atoms in total. The van der Waals surface area contributed by atoms with Crippen molar-refractivity contribution in [1.29, 1.82) is 0 Å². The van der Waals surface area contributed by atoms with Crippen LogP contribution < -0.4 is 5.73 Å². The number of rotatable bonds is 2. The summed E-state index contributed by atoms with van der Waals surface area (Å²) in [6.07, 6.45) is 0. The van der Waals surface area contributed by atoms with Gasteiger partial charge >= 0.3 is 0 Å². The van der Waals surface area contributed by atoms with Crippen LogP contribution in [-0.2, 0) is 6.54 Å². The van der Waals surface area contributed by atoms with E-state index in [0.717, 1.165) is 10.0 Å². The zero-order chi connectivity index (χ0) is 9.97. The molecule has 2 N–H and O–H groups in total. The Bertz CT molecular complexity index is 422. The van der Waals surface area contributed by atoms with Crippen LogP contribution in [0.15, 0.2) is 28.7 Å². The highest BCUT2D eigenvalue weighted by Crippen LogP contribution is 2.11. The maximum Gasteiger partial charge on any atom is 0.240 e. The highest BCUT2D eigenvalue weighted by atomic mass is 79.9. The van der Waals surface area contributed by atoms with E-state index >= 15 is 0 Å². The van der Waals surface area contributed by atoms with Gasteiger partial charge < -0.3 is 5.73 Å². The Balaban J connectivity index is 2.19. The highest BCUT2D eigenvalue weighted by Gasteiger charge is 2.01. The molecule has 0 atom stereocenters. The summed E-state index contributed by atoms with van der Waals surface area (Å²) in [5.74, 6) is 0.327. The lowest BCUT2D eigenvalue weighted by Crippen LogP contribution is -2.06. The minimum atomic E-state index is 0.327. The van der Waals surface area contributed by atoms with E-state index in [4.69, 9.17) is 5.73 Å². The summed E-state index contributed by atoms with van der Waals surface area (Å²) in [5, 5.41) is 10.8. The third kappa shape index (κ3) is 1.90. The zero-order valence-corrected chi connectivity index (χ0v) is 8.85. The molecule has 0 spiro atoms. The molecule has 0 saturated heterocycles. The van der Waals surface area contributed by atoms with Gasteiger partial charge in [0, 0.05) is 4.47 Å². The largest absolute Gasteiger partial charge is 0.367 e. The van der Waals surface area contributed by atoms with Crippen LogP contribution in [0.5, 0.6) is 0 Å². The Kier molecular flexibility index (Phi) is 2.45. The molecule has 6 heteroatoms. The third-order valence-electron chi connectivity index (χ3n) is 1.81. The van der Waals surface area contributed by atoms with Gasteiger partial charge in [0.05, 0.1) is 6.54 Å². The van der Waals surface area contributed by atoms with Crippen molar-refractivity contribution >= 4 is 21.9 Å². The third-order valence-corrected chi connectivity index (χ3v) is 2.33. The lowest BCUT2D eigenvalue weighted by atomic mass is 10.2. The Morgan fingerprint density at radius 1 is 1.29 bits per heavy atom. The quantitative estimate of drug-likeness (QED) is 0.870. The van der Waals surface area contributed by atoms with E-state index in [-0.39, 0.29) is 0 Å². The molecule has 0 saturated carbocycles. The Morgan fingerprint density at radius 2 is 2.00 bits per heavy atom. The number of hydrogen-bond donors (Lipinski definition) is 1. The van der Waals surface area contributed by atoms with Gasteiger partial charge in [-0.25, -0.2) is 4.68 Å². The van der Waals surface area contributed by atoms with E-state index in [2.05, 4.69) is 31.5 Å². The van der Waals surface area contributed by atoms with E-state index in [1.165, 1.54) is 0 Å². The molecule has 0 aliphatic carbocycles. The maximum atomic E-state index is 5.54. The van der Waals surface area contributed by atoms with Crippen molar-refractivity contribution in [2.24, 2.45) is 0 Å². The Hall–Kier alpha value is -1.43. The average molecular weight is 254 g/mol. The summed E-state index contributed by atoms with van der Waals surface area (Å²) in [5.41, 5.74) is 6.64. The number of nitrogens with zero attached hydrogens (tertiary/aromatic N) is 4. The minimum absolute atomic E-state index is 0.327. The summed E-state index contributed by atoms with van der Waals surface area (Å²) in [6, 6.07) is 7.92. The van der Waals surface area contributed by atoms with Gasteiger partial charge in [-0.3, -0.25) is 0 Å². The van der Waals surface area contributed by atoms with E-state index < -0.39 is 0 Å². The van der Waals surface area contributed by atoms with Gasteiger partial charge in [-0.05, 0) is 28.1 Å². The molecule has 1 aromatic carbocycles. The number of nitrogens with two attached hydrogens (primary N) is 1. The Labute approximate surface area is 89.0 Å². The number of tetrazole rings is 1. The molecule has 1 heterocycles. The number of anilines is 1. The van der Waals surface area contributed by atoms with Crippen molar-refractivity contribution in [1.82, 2.24) is 20.2 Å². The SMILES string of the molecule is Nc1nnnn1Cc1ccc(Br)cc1. The fourth-order valence-electron chi connectivity index (χ4n) is 1.09. The molecule has 1 aromatic heterocycles. The van der Waals surface area contributed by atoms with Crippen LogP contribution in [0.1, 0.15) is 5.56 Å². The second-order valence-electron chi connectivity index (χ2n) is 2.82. The smallest absolute Gasteiger partial charge is 0.240 e. The standard InChI is InChI=1S/C8H8BrN5/c9-7-3-1-6(2-4-7)5-14-8(10)11-12-13-14/h1-4H,5H2,(H2,10,11,13). The van der Waals surface area contributed by atoms with Crippen molar-refractivity contribution in [3.8, 4) is 0 Å². The molecule has 0 aliphatic rings. The van der Waals surface area contributed by atoms with Crippen molar-refractivity contribution in [3.63, 3.8) is 0 Å². The van der Waals surface area contributed by atoms with Gasteiger partial charge in [-0.2, -0.15) is 0 Å². The minimum Gasteiger partial charge on any atom is -0.367 e. The second-order valence-corrected chi connectivity index (χ2v) is 3.74. The summed E-state index contributed by atoms with van der Waals surface area (Å²) in [6.45, 7) is 0.589. The topological polar surface area (TPSA) is 69.6 Å². The number of aromatic nitrogens is 4. The molecule has 72 valence electrons. The first-order valence-electron chi connectivity index (χ1n) is 4.02. The van der Waals surface area contributed by atoms with E-state index in [1.54, 1.807) is 4.68 Å². The number of hydrogen-bond acceptors (Lipinski definition) is 4. The van der Waals surface area contributed by atoms with Gasteiger partial charge in [0.25, 0.3) is 0 Å². The summed E-state index contributed by atoms with van der Waals surface area (Å²) in [7, 11) is 0. The first-order valence-corrected chi connectivity index (χ1v) is 4.81. The molecule has 14 heavy (non-hydrogen) atoms. The van der Waals surface area contributed by atoms with Crippen molar-refractivity contribution in [2.45, 2.75) is 6.54 Å². The van der Waals surface area contributed by atoms with Gasteiger partial charge in [-0.15, -0.1) is 0 Å². The fourth-order valence-corrected chi connectivity index (χ4v) is 1.35. The lowest BCUT2D eigenvalue weighted by molar-refractivity contribution is 0.655. The van der Waals surface area contributed by atoms with Gasteiger partial charge in [-0.1, -0.05) is 33.2 Å². The van der Waals surface area contributed by atoms with Crippen molar-refractivity contribution in [2.75, 3.05) is 5.73 Å². The lowest BCUT2D eigenvalue weighted by Gasteiger charge is -2.01. The summed E-state index contributed by atoms with van der Waals surface area (Å²) < 4.78 is 2.59. The van der Waals surface area contributed by atoms with Crippen LogP contribution in [0, 0.1) is 0 Å². The molecule has 0 bridgehead atoms. The van der Waals surface area contributed by atoms with Crippen LogP contribution in [0.4, 0.5) is 5.95 Å². The molecular formula is C8H8BrN5. The zero-order valence-electron chi connectivity index (χ0n) is 7.26. The van der Waals surface area contributed by atoms with Gasteiger partial charge in [0.15, 0.2) is 0 Å². The first-order chi connectivity index (χ1) is 6.75. The predicted molar refractivity (Wildman–Crippen MR) is 55.5 cm³/mol. The first kappa shape index (κ1) is 9.14. The van der Waals surface area contributed by atoms with Crippen LogP contribution in [0.25, 0.3) is 0 Å². The fraction of sp³-hybridized carbons (Fsp3) is 0.125. The van der Waals surface area contributed by atoms with E-state index in [9.17, 15) is 0 Å². The molecule has 0 unspecified atom stereocenters.